The van der Waals surface area contributed by atoms with E-state index in [-0.39, 0.29) is 10.2 Å². The Labute approximate surface area is 79.5 Å². The Hall–Kier alpha value is -0.380. The quantitative estimate of drug-likeness (QED) is 0.592. The molecule has 0 aromatic rings. The first kappa shape index (κ1) is 11.6. The van der Waals surface area contributed by atoms with Crippen LogP contribution in [0.4, 0.5) is 8.78 Å². The minimum absolute atomic E-state index is 0.0220. The van der Waals surface area contributed by atoms with Gasteiger partial charge in [0.25, 0.3) is 6.43 Å². The summed E-state index contributed by atoms with van der Waals surface area (Å²) in [4.78, 5) is 0. The van der Waals surface area contributed by atoms with Gasteiger partial charge in [0.05, 0.1) is 4.61 Å². The van der Waals surface area contributed by atoms with Gasteiger partial charge in [-0.2, -0.15) is 0 Å². The van der Waals surface area contributed by atoms with Crippen molar-refractivity contribution in [3.8, 4) is 0 Å². The monoisotopic (exact) mass is 239 g/mol. The zero-order chi connectivity index (χ0) is 9.56. The maximum atomic E-state index is 12.2. The van der Waals surface area contributed by atoms with E-state index in [0.717, 1.165) is 6.42 Å². The lowest BCUT2D eigenvalue weighted by atomic mass is 10.2. The first-order valence-electron chi connectivity index (χ1n) is 3.68. The van der Waals surface area contributed by atoms with Crippen LogP contribution >= 0.6 is 15.9 Å². The van der Waals surface area contributed by atoms with Crippen LogP contribution in [0, 0.1) is 0 Å². The third kappa shape index (κ3) is 5.29. The van der Waals surface area contributed by atoms with Gasteiger partial charge in [0.2, 0.25) is 0 Å². The lowest BCUT2D eigenvalue weighted by Gasteiger charge is -2.00. The van der Waals surface area contributed by atoms with Crippen LogP contribution in [-0.2, 0) is 0 Å². The fourth-order valence-electron chi connectivity index (χ4n) is 0.681. The SMILES string of the molecule is CCC/C=C(\C=C(/N)Br)C(F)F. The number of nitrogens with two attached hydrogens (primary N) is 1. The molecule has 0 aliphatic rings. The Bertz CT molecular complexity index is 183. The molecule has 0 heterocycles. The molecule has 0 fully saturated rings. The van der Waals surface area contributed by atoms with Gasteiger partial charge in [0.1, 0.15) is 0 Å². The average molecular weight is 240 g/mol. The molecule has 0 aliphatic carbocycles. The van der Waals surface area contributed by atoms with Crippen molar-refractivity contribution < 1.29 is 8.78 Å². The van der Waals surface area contributed by atoms with Gasteiger partial charge in [-0.15, -0.1) is 0 Å². The van der Waals surface area contributed by atoms with Crippen LogP contribution in [0.3, 0.4) is 0 Å². The fourth-order valence-corrected chi connectivity index (χ4v) is 0.946. The van der Waals surface area contributed by atoms with E-state index in [0.29, 0.717) is 6.42 Å². The van der Waals surface area contributed by atoms with Gasteiger partial charge in [-0.3, -0.25) is 0 Å². The molecule has 0 spiro atoms. The zero-order valence-corrected chi connectivity index (χ0v) is 8.44. The van der Waals surface area contributed by atoms with E-state index in [1.165, 1.54) is 12.2 Å². The average Bonchev–Trinajstić information content (AvgIpc) is 1.96. The molecule has 0 rings (SSSR count). The molecule has 12 heavy (non-hydrogen) atoms. The van der Waals surface area contributed by atoms with Gasteiger partial charge in [0, 0.05) is 5.57 Å². The molecule has 0 saturated heterocycles. The summed E-state index contributed by atoms with van der Waals surface area (Å²) < 4.78 is 24.6. The number of alkyl halides is 2. The molecule has 0 bridgehead atoms. The molecule has 0 aromatic carbocycles. The van der Waals surface area contributed by atoms with Crippen LogP contribution in [0.25, 0.3) is 0 Å². The Kier molecular flexibility index (Phi) is 5.98. The molecule has 0 aromatic heterocycles. The van der Waals surface area contributed by atoms with Crippen LogP contribution in [0.2, 0.25) is 0 Å². The van der Waals surface area contributed by atoms with Crippen molar-refractivity contribution in [2.75, 3.05) is 0 Å². The highest BCUT2D eigenvalue weighted by Crippen LogP contribution is 2.14. The second-order valence-electron chi connectivity index (χ2n) is 2.32. The molecule has 70 valence electrons. The van der Waals surface area contributed by atoms with Crippen molar-refractivity contribution in [3.05, 3.63) is 22.3 Å². The second kappa shape index (κ2) is 6.17. The van der Waals surface area contributed by atoms with Gasteiger partial charge in [-0.1, -0.05) is 19.4 Å². The summed E-state index contributed by atoms with van der Waals surface area (Å²) in [5.74, 6) is 0. The van der Waals surface area contributed by atoms with Crippen molar-refractivity contribution in [1.29, 1.82) is 0 Å². The van der Waals surface area contributed by atoms with E-state index in [2.05, 4.69) is 15.9 Å². The van der Waals surface area contributed by atoms with E-state index in [4.69, 9.17) is 5.73 Å². The van der Waals surface area contributed by atoms with Crippen molar-refractivity contribution in [3.63, 3.8) is 0 Å². The van der Waals surface area contributed by atoms with Gasteiger partial charge in [-0.25, -0.2) is 8.78 Å². The molecule has 0 aliphatic heterocycles. The van der Waals surface area contributed by atoms with Crippen molar-refractivity contribution in [2.45, 2.75) is 26.2 Å². The second-order valence-corrected chi connectivity index (χ2v) is 3.24. The molecular weight excluding hydrogens is 228 g/mol. The maximum Gasteiger partial charge on any atom is 0.263 e. The Morgan fingerprint density at radius 2 is 2.17 bits per heavy atom. The molecule has 0 amide bonds. The highest BCUT2D eigenvalue weighted by molar-refractivity contribution is 9.11. The summed E-state index contributed by atoms with van der Waals surface area (Å²) in [7, 11) is 0. The van der Waals surface area contributed by atoms with E-state index < -0.39 is 6.43 Å². The number of hydrogen-bond donors (Lipinski definition) is 1. The number of rotatable bonds is 4. The Balaban J connectivity index is 4.33. The molecule has 0 unspecified atom stereocenters. The minimum Gasteiger partial charge on any atom is -0.393 e. The van der Waals surface area contributed by atoms with Crippen LogP contribution in [-0.4, -0.2) is 6.43 Å². The first-order valence-corrected chi connectivity index (χ1v) is 4.48. The van der Waals surface area contributed by atoms with E-state index in [1.54, 1.807) is 0 Å². The van der Waals surface area contributed by atoms with Crippen molar-refractivity contribution in [2.24, 2.45) is 5.73 Å². The lowest BCUT2D eigenvalue weighted by molar-refractivity contribution is 0.193. The fraction of sp³-hybridized carbons (Fsp3) is 0.500. The zero-order valence-electron chi connectivity index (χ0n) is 6.86. The van der Waals surface area contributed by atoms with Gasteiger partial charge in [0.15, 0.2) is 0 Å². The van der Waals surface area contributed by atoms with Crippen LogP contribution in [0.5, 0.6) is 0 Å². The molecular formula is C8H12BrF2N. The Morgan fingerprint density at radius 3 is 2.50 bits per heavy atom. The molecule has 0 radical (unpaired) electrons. The minimum atomic E-state index is -2.45. The van der Waals surface area contributed by atoms with E-state index in [1.807, 2.05) is 6.92 Å². The predicted octanol–water partition coefficient (Wildman–Crippen LogP) is 3.17. The molecule has 0 atom stereocenters. The summed E-state index contributed by atoms with van der Waals surface area (Å²) >= 11 is 2.90. The predicted molar refractivity (Wildman–Crippen MR) is 50.2 cm³/mol. The third-order valence-electron chi connectivity index (χ3n) is 1.23. The topological polar surface area (TPSA) is 26.0 Å². The highest BCUT2D eigenvalue weighted by atomic mass is 79.9. The number of allylic oxidation sites excluding steroid dienone is 3. The third-order valence-corrected chi connectivity index (χ3v) is 1.45. The highest BCUT2D eigenvalue weighted by Gasteiger charge is 2.07. The lowest BCUT2D eigenvalue weighted by Crippen LogP contribution is -1.97. The van der Waals surface area contributed by atoms with Crippen LogP contribution in [0.15, 0.2) is 22.3 Å². The smallest absolute Gasteiger partial charge is 0.263 e. The van der Waals surface area contributed by atoms with Crippen molar-refractivity contribution in [1.82, 2.24) is 0 Å². The van der Waals surface area contributed by atoms with Crippen LogP contribution in [0.1, 0.15) is 19.8 Å². The number of halogens is 3. The van der Waals surface area contributed by atoms with Crippen LogP contribution < -0.4 is 5.73 Å². The maximum absolute atomic E-state index is 12.2. The molecule has 2 N–H and O–H groups in total. The number of unbranched alkanes of at least 4 members (excludes halogenated alkanes) is 1. The van der Waals surface area contributed by atoms with E-state index >= 15 is 0 Å². The summed E-state index contributed by atoms with van der Waals surface area (Å²) in [5.41, 5.74) is 5.18. The molecule has 4 heteroatoms. The van der Waals surface area contributed by atoms with Gasteiger partial charge < -0.3 is 5.73 Å². The standard InChI is InChI=1S/C8H12BrF2N/c1-2-3-4-6(8(10)11)5-7(9)12/h4-5,8H,2-3,12H2,1H3/b6-4+,7-5-. The molecule has 0 saturated carbocycles. The summed E-state index contributed by atoms with van der Waals surface area (Å²) in [6, 6.07) is 0. The first-order chi connectivity index (χ1) is 5.57. The van der Waals surface area contributed by atoms with Gasteiger partial charge in [-0.05, 0) is 28.4 Å². The van der Waals surface area contributed by atoms with E-state index in [9.17, 15) is 8.78 Å². The van der Waals surface area contributed by atoms with Gasteiger partial charge >= 0.3 is 0 Å². The Morgan fingerprint density at radius 1 is 1.58 bits per heavy atom. The molecule has 1 nitrogen and oxygen atoms in total. The summed E-state index contributed by atoms with van der Waals surface area (Å²) in [6.07, 6.45) is 1.79. The largest absolute Gasteiger partial charge is 0.393 e. The summed E-state index contributed by atoms with van der Waals surface area (Å²) in [6.45, 7) is 1.93. The summed E-state index contributed by atoms with van der Waals surface area (Å²) in [5, 5.41) is 0. The normalized spacial score (nSPS) is 14.1. The number of hydrogen-bond acceptors (Lipinski definition) is 1. The van der Waals surface area contributed by atoms with Crippen molar-refractivity contribution >= 4 is 15.9 Å².